The number of fused-ring (bicyclic) bond motifs is 1. The van der Waals surface area contributed by atoms with Crippen LogP contribution >= 0.6 is 0 Å². The van der Waals surface area contributed by atoms with Crippen molar-refractivity contribution in [3.63, 3.8) is 0 Å². The number of amides is 2. The molecule has 2 aliphatic heterocycles. The van der Waals surface area contributed by atoms with Gasteiger partial charge in [-0.05, 0) is 72.5 Å². The number of halogens is 1. The van der Waals surface area contributed by atoms with E-state index in [1.54, 1.807) is 36.4 Å². The fraction of sp³-hybridized carbons (Fsp3) is 0.324. The summed E-state index contributed by atoms with van der Waals surface area (Å²) in [7, 11) is 0. The summed E-state index contributed by atoms with van der Waals surface area (Å²) in [6.07, 6.45) is 1.69. The maximum Gasteiger partial charge on any atom is 0.287 e. The number of piperazine rings is 1. The average molecular weight is 580 g/mol. The number of piperidine rings is 1. The molecule has 220 valence electrons. The molecule has 9 heteroatoms. The van der Waals surface area contributed by atoms with Crippen LogP contribution in [0.25, 0.3) is 11.0 Å². The molecule has 0 spiro atoms. The van der Waals surface area contributed by atoms with Gasteiger partial charge in [-0.25, -0.2) is 4.39 Å². The molecule has 2 aliphatic rings. The summed E-state index contributed by atoms with van der Waals surface area (Å²) >= 11 is 0. The number of rotatable bonds is 7. The minimum Gasteiger partial charge on any atom is -0.451 e. The van der Waals surface area contributed by atoms with Crippen molar-refractivity contribution in [3.05, 3.63) is 107 Å². The predicted molar refractivity (Wildman–Crippen MR) is 161 cm³/mol. The summed E-state index contributed by atoms with van der Waals surface area (Å²) in [6.45, 7) is 6.01. The molecular weight excluding hydrogens is 545 g/mol. The Bertz CT molecular complexity index is 1630. The summed E-state index contributed by atoms with van der Waals surface area (Å²) in [5.41, 5.74) is 4.03. The maximum atomic E-state index is 13.3. The molecule has 0 aliphatic carbocycles. The Morgan fingerprint density at radius 3 is 2.12 bits per heavy atom. The third-order valence-corrected chi connectivity index (χ3v) is 8.38. The molecule has 1 N–H and O–H groups in total. The van der Waals surface area contributed by atoms with E-state index in [0.717, 1.165) is 63.1 Å². The molecule has 0 saturated carbocycles. The SMILES string of the molecule is N#Cc1ccc(CN2CCC(NC(=O)c3cc4cc(C(=O)N5CCN(Cc6ccc(F)cc6)CC5)ccc4o3)CC2)cc1. The second-order valence-corrected chi connectivity index (χ2v) is 11.4. The number of nitrogens with zero attached hydrogens (tertiary/aromatic N) is 4. The smallest absolute Gasteiger partial charge is 0.287 e. The Kier molecular flexibility index (Phi) is 8.50. The quantitative estimate of drug-likeness (QED) is 0.338. The summed E-state index contributed by atoms with van der Waals surface area (Å²) in [5.74, 6) is -0.278. The summed E-state index contributed by atoms with van der Waals surface area (Å²) < 4.78 is 19.0. The molecule has 2 saturated heterocycles. The first kappa shape index (κ1) is 28.6. The lowest BCUT2D eigenvalue weighted by Crippen LogP contribution is -2.48. The van der Waals surface area contributed by atoms with Crippen LogP contribution in [0, 0.1) is 17.1 Å². The van der Waals surface area contributed by atoms with Crippen molar-refractivity contribution in [2.24, 2.45) is 0 Å². The lowest BCUT2D eigenvalue weighted by Gasteiger charge is -2.34. The van der Waals surface area contributed by atoms with Gasteiger partial charge in [0.25, 0.3) is 11.8 Å². The topological polar surface area (TPSA) is 92.8 Å². The summed E-state index contributed by atoms with van der Waals surface area (Å²) in [4.78, 5) is 32.7. The van der Waals surface area contributed by atoms with Gasteiger partial charge in [0.15, 0.2) is 5.76 Å². The normalized spacial score (nSPS) is 16.7. The maximum absolute atomic E-state index is 13.3. The van der Waals surface area contributed by atoms with Gasteiger partial charge < -0.3 is 14.6 Å². The van der Waals surface area contributed by atoms with Crippen molar-refractivity contribution in [1.82, 2.24) is 20.0 Å². The molecule has 3 heterocycles. The molecule has 0 bridgehead atoms. The van der Waals surface area contributed by atoms with Crippen molar-refractivity contribution in [2.45, 2.75) is 32.0 Å². The van der Waals surface area contributed by atoms with Crippen molar-refractivity contribution >= 4 is 22.8 Å². The zero-order chi connectivity index (χ0) is 29.8. The first-order valence-electron chi connectivity index (χ1n) is 14.8. The van der Waals surface area contributed by atoms with Crippen LogP contribution in [0.15, 0.2) is 77.2 Å². The van der Waals surface area contributed by atoms with Gasteiger partial charge in [-0.1, -0.05) is 24.3 Å². The van der Waals surface area contributed by atoms with Crippen LogP contribution in [0.5, 0.6) is 0 Å². The van der Waals surface area contributed by atoms with E-state index in [2.05, 4.69) is 21.2 Å². The van der Waals surface area contributed by atoms with Crippen LogP contribution in [-0.2, 0) is 13.1 Å². The summed E-state index contributed by atoms with van der Waals surface area (Å²) in [6, 6.07) is 23.4. The van der Waals surface area contributed by atoms with E-state index in [-0.39, 0.29) is 29.4 Å². The number of hydrogen-bond donors (Lipinski definition) is 1. The van der Waals surface area contributed by atoms with Crippen LogP contribution in [-0.4, -0.2) is 71.8 Å². The number of benzene rings is 3. The second kappa shape index (κ2) is 12.8. The molecule has 0 unspecified atom stereocenters. The van der Waals surface area contributed by atoms with Crippen molar-refractivity contribution in [2.75, 3.05) is 39.3 Å². The van der Waals surface area contributed by atoms with Crippen molar-refractivity contribution < 1.29 is 18.4 Å². The van der Waals surface area contributed by atoms with E-state index in [4.69, 9.17) is 9.68 Å². The number of nitrogens with one attached hydrogen (secondary N) is 1. The van der Waals surface area contributed by atoms with E-state index in [1.165, 1.54) is 17.7 Å². The molecular formula is C34H34FN5O3. The fourth-order valence-corrected chi connectivity index (χ4v) is 5.86. The van der Waals surface area contributed by atoms with Gasteiger partial charge in [0, 0.05) is 69.3 Å². The zero-order valence-corrected chi connectivity index (χ0v) is 24.0. The second-order valence-electron chi connectivity index (χ2n) is 11.4. The van der Waals surface area contributed by atoms with E-state index in [1.807, 2.05) is 29.2 Å². The van der Waals surface area contributed by atoms with Gasteiger partial charge in [-0.3, -0.25) is 19.4 Å². The highest BCUT2D eigenvalue weighted by atomic mass is 19.1. The van der Waals surface area contributed by atoms with Gasteiger partial charge in [-0.2, -0.15) is 5.26 Å². The highest BCUT2D eigenvalue weighted by molar-refractivity contribution is 6.00. The summed E-state index contributed by atoms with van der Waals surface area (Å²) in [5, 5.41) is 12.8. The van der Waals surface area contributed by atoms with Gasteiger partial charge in [0.05, 0.1) is 11.6 Å². The minimum atomic E-state index is -0.244. The monoisotopic (exact) mass is 579 g/mol. The Morgan fingerprint density at radius 1 is 0.837 bits per heavy atom. The van der Waals surface area contributed by atoms with Crippen LogP contribution in [0.1, 0.15) is 50.4 Å². The Balaban J connectivity index is 0.996. The van der Waals surface area contributed by atoms with Gasteiger partial charge in [0.1, 0.15) is 11.4 Å². The molecule has 4 aromatic rings. The van der Waals surface area contributed by atoms with Crippen LogP contribution in [0.4, 0.5) is 4.39 Å². The first-order valence-corrected chi connectivity index (χ1v) is 14.8. The number of carbonyl (C=O) groups excluding carboxylic acids is 2. The Labute approximate surface area is 250 Å². The standard InChI is InChI=1S/C34H34FN5O3/c35-29-8-5-26(6-9-29)23-39-15-17-40(18-16-39)34(42)27-7-10-31-28(19-27)20-32(43-31)33(41)37-30-11-13-38(14-12-30)22-25-3-1-24(21-36)2-4-25/h1-10,19-20,30H,11-18,22-23H2,(H,37,41). The molecule has 8 nitrogen and oxygen atoms in total. The van der Waals surface area contributed by atoms with E-state index >= 15 is 0 Å². The van der Waals surface area contributed by atoms with E-state index in [0.29, 0.717) is 29.8 Å². The largest absolute Gasteiger partial charge is 0.451 e. The van der Waals surface area contributed by atoms with Gasteiger partial charge in [0.2, 0.25) is 0 Å². The third kappa shape index (κ3) is 6.94. The van der Waals surface area contributed by atoms with Crippen LogP contribution in [0.2, 0.25) is 0 Å². The number of nitriles is 1. The van der Waals surface area contributed by atoms with E-state index < -0.39 is 0 Å². The molecule has 2 fully saturated rings. The molecule has 2 amide bonds. The first-order chi connectivity index (χ1) is 20.9. The molecule has 3 aromatic carbocycles. The highest BCUT2D eigenvalue weighted by Gasteiger charge is 2.25. The number of carbonyl (C=O) groups is 2. The average Bonchev–Trinajstić information content (AvgIpc) is 3.47. The lowest BCUT2D eigenvalue weighted by molar-refractivity contribution is 0.0628. The van der Waals surface area contributed by atoms with Crippen LogP contribution in [0.3, 0.4) is 0 Å². The fourth-order valence-electron chi connectivity index (χ4n) is 5.86. The molecule has 0 radical (unpaired) electrons. The lowest BCUT2D eigenvalue weighted by atomic mass is 10.0. The van der Waals surface area contributed by atoms with Crippen molar-refractivity contribution in [1.29, 1.82) is 5.26 Å². The Morgan fingerprint density at radius 2 is 1.47 bits per heavy atom. The van der Waals surface area contributed by atoms with Crippen molar-refractivity contribution in [3.8, 4) is 6.07 Å². The third-order valence-electron chi connectivity index (χ3n) is 8.38. The number of furan rings is 1. The molecule has 43 heavy (non-hydrogen) atoms. The minimum absolute atomic E-state index is 0.0386. The number of hydrogen-bond acceptors (Lipinski definition) is 6. The highest BCUT2D eigenvalue weighted by Crippen LogP contribution is 2.23. The molecule has 1 aromatic heterocycles. The Hall–Kier alpha value is -4.52. The van der Waals surface area contributed by atoms with Crippen LogP contribution < -0.4 is 5.32 Å². The molecule has 6 rings (SSSR count). The van der Waals surface area contributed by atoms with Gasteiger partial charge in [-0.15, -0.1) is 0 Å². The van der Waals surface area contributed by atoms with Gasteiger partial charge >= 0.3 is 0 Å². The zero-order valence-electron chi connectivity index (χ0n) is 24.0. The molecule has 0 atom stereocenters. The van der Waals surface area contributed by atoms with E-state index in [9.17, 15) is 14.0 Å². The predicted octanol–water partition coefficient (Wildman–Crippen LogP) is 4.80. The number of likely N-dealkylation sites (tertiary alicyclic amines) is 1.